The van der Waals surface area contributed by atoms with Crippen molar-refractivity contribution < 1.29 is 9.53 Å². The molecule has 0 bridgehead atoms. The fourth-order valence-corrected chi connectivity index (χ4v) is 2.51. The van der Waals surface area contributed by atoms with Crippen LogP contribution in [0, 0.1) is 11.8 Å². The number of hydrogen-bond donors (Lipinski definition) is 0. The van der Waals surface area contributed by atoms with Gasteiger partial charge in [-0.2, -0.15) is 0 Å². The lowest BCUT2D eigenvalue weighted by Gasteiger charge is -2.17. The van der Waals surface area contributed by atoms with Gasteiger partial charge in [-0.25, -0.2) is 4.79 Å². The molecule has 0 fully saturated rings. The molecule has 4 heteroatoms. The van der Waals surface area contributed by atoms with Gasteiger partial charge in [0.25, 0.3) is 0 Å². The average Bonchev–Trinajstić information content (AvgIpc) is 2.65. The number of ether oxygens (including phenoxy) is 1. The van der Waals surface area contributed by atoms with Crippen LogP contribution in [-0.4, -0.2) is 43.0 Å². The Morgan fingerprint density at radius 2 is 1.85 bits per heavy atom. The van der Waals surface area contributed by atoms with E-state index in [4.69, 9.17) is 16.3 Å². The smallest absolute Gasteiger partial charge is 0.334 e. The molecule has 0 rings (SSSR count). The predicted molar refractivity (Wildman–Crippen MR) is 117 cm³/mol. The summed E-state index contributed by atoms with van der Waals surface area (Å²) in [6.07, 6.45) is 14.7. The molecule has 0 aliphatic heterocycles. The van der Waals surface area contributed by atoms with Crippen LogP contribution < -0.4 is 0 Å². The third kappa shape index (κ3) is 15.0. The maximum atomic E-state index is 12.1. The van der Waals surface area contributed by atoms with E-state index in [0.29, 0.717) is 30.9 Å². The minimum absolute atomic E-state index is 0.258. The number of alkyl halides is 1. The first-order valence-corrected chi connectivity index (χ1v) is 10.2. The van der Waals surface area contributed by atoms with Gasteiger partial charge in [-0.15, -0.1) is 36.6 Å². The largest absolute Gasteiger partial charge is 0.463 e. The van der Waals surface area contributed by atoms with Crippen molar-refractivity contribution in [2.45, 2.75) is 45.4 Å². The Labute approximate surface area is 170 Å². The first-order chi connectivity index (χ1) is 13.2. The monoisotopic (exact) mass is 391 g/mol. The summed E-state index contributed by atoms with van der Waals surface area (Å²) in [7, 11) is 0. The summed E-state index contributed by atoms with van der Waals surface area (Å²) in [4.78, 5) is 14.3. The van der Waals surface area contributed by atoms with Crippen molar-refractivity contribution >= 4 is 17.6 Å². The van der Waals surface area contributed by atoms with Crippen molar-refractivity contribution in [3.8, 4) is 11.8 Å². The van der Waals surface area contributed by atoms with Crippen LogP contribution in [0.1, 0.15) is 45.4 Å². The molecule has 0 unspecified atom stereocenters. The minimum atomic E-state index is -0.258. The molecule has 0 spiro atoms. The minimum Gasteiger partial charge on any atom is -0.463 e. The first-order valence-electron chi connectivity index (χ1n) is 9.68. The fourth-order valence-electron chi connectivity index (χ4n) is 2.32. The number of esters is 1. The molecule has 0 aromatic carbocycles. The Morgan fingerprint density at radius 3 is 2.48 bits per heavy atom. The first kappa shape index (κ1) is 25.2. The van der Waals surface area contributed by atoms with E-state index in [1.54, 1.807) is 0 Å². The molecular formula is C23H34ClNO2. The molecule has 27 heavy (non-hydrogen) atoms. The average molecular weight is 392 g/mol. The van der Waals surface area contributed by atoms with Crippen LogP contribution in [-0.2, 0) is 9.53 Å². The zero-order valence-corrected chi connectivity index (χ0v) is 17.5. The normalized spacial score (nSPS) is 11.3. The van der Waals surface area contributed by atoms with E-state index in [0.717, 1.165) is 45.3 Å². The van der Waals surface area contributed by atoms with Crippen LogP contribution in [0.3, 0.4) is 0 Å². The van der Waals surface area contributed by atoms with Crippen LogP contribution >= 0.6 is 11.6 Å². The number of carbonyl (C=O) groups is 1. The summed E-state index contributed by atoms with van der Waals surface area (Å²) < 4.78 is 5.14. The van der Waals surface area contributed by atoms with Crippen LogP contribution in [0.25, 0.3) is 0 Å². The second-order valence-corrected chi connectivity index (χ2v) is 6.34. The zero-order chi connectivity index (χ0) is 20.2. The van der Waals surface area contributed by atoms with Crippen LogP contribution in [0.15, 0.2) is 49.1 Å². The molecule has 0 aromatic heterocycles. The van der Waals surface area contributed by atoms with Crippen molar-refractivity contribution in [1.29, 1.82) is 0 Å². The lowest BCUT2D eigenvalue weighted by Crippen LogP contribution is -2.24. The Kier molecular flexibility index (Phi) is 17.8. The van der Waals surface area contributed by atoms with Crippen LogP contribution in [0.2, 0.25) is 0 Å². The van der Waals surface area contributed by atoms with Gasteiger partial charge in [-0.3, -0.25) is 4.90 Å². The van der Waals surface area contributed by atoms with Gasteiger partial charge in [0.05, 0.1) is 6.61 Å². The number of unbranched alkanes of at least 4 members (excludes halogenated alkanes) is 2. The van der Waals surface area contributed by atoms with E-state index in [1.807, 2.05) is 31.2 Å². The number of nitrogens with zero attached hydrogens (tertiary/aromatic N) is 1. The van der Waals surface area contributed by atoms with Gasteiger partial charge in [0.15, 0.2) is 0 Å². The predicted octanol–water partition coefficient (Wildman–Crippen LogP) is 5.29. The topological polar surface area (TPSA) is 29.5 Å². The Balaban J connectivity index is 4.53. The molecule has 0 atom stereocenters. The summed E-state index contributed by atoms with van der Waals surface area (Å²) in [5, 5.41) is 0. The van der Waals surface area contributed by atoms with E-state index < -0.39 is 0 Å². The zero-order valence-electron chi connectivity index (χ0n) is 16.7. The van der Waals surface area contributed by atoms with E-state index in [9.17, 15) is 4.79 Å². The van der Waals surface area contributed by atoms with E-state index in [2.05, 4.69) is 36.0 Å². The summed E-state index contributed by atoms with van der Waals surface area (Å²) in [5.41, 5.74) is 0.664. The standard InChI is InChI=1S/C23H34ClNO2/c1-4-19-25(20-5-2)21-15-11-13-17-22(23(26)27-6-3)16-12-9-7-8-10-14-18-24/h4-5,11,13,17H,1-2,6,8,10,12,14-16,18-21H2,3H3/b13-11+,22-17+. The van der Waals surface area contributed by atoms with Gasteiger partial charge in [0.1, 0.15) is 0 Å². The van der Waals surface area contributed by atoms with Crippen molar-refractivity contribution in [3.63, 3.8) is 0 Å². The Bertz CT molecular complexity index is 530. The highest BCUT2D eigenvalue weighted by Gasteiger charge is 2.08. The Morgan fingerprint density at radius 1 is 1.15 bits per heavy atom. The van der Waals surface area contributed by atoms with Gasteiger partial charge < -0.3 is 4.74 Å². The molecule has 0 N–H and O–H groups in total. The second kappa shape index (κ2) is 19.0. The summed E-state index contributed by atoms with van der Waals surface area (Å²) in [6.45, 7) is 12.3. The van der Waals surface area contributed by atoms with E-state index >= 15 is 0 Å². The van der Waals surface area contributed by atoms with Crippen molar-refractivity contribution in [1.82, 2.24) is 4.90 Å². The van der Waals surface area contributed by atoms with Gasteiger partial charge in [0.2, 0.25) is 0 Å². The quantitative estimate of drug-likeness (QED) is 0.0722. The third-order valence-electron chi connectivity index (χ3n) is 3.69. The number of rotatable bonds is 15. The molecular weight excluding hydrogens is 358 g/mol. The molecule has 0 aliphatic carbocycles. The lowest BCUT2D eigenvalue weighted by molar-refractivity contribution is -0.138. The highest BCUT2D eigenvalue weighted by atomic mass is 35.5. The highest BCUT2D eigenvalue weighted by Crippen LogP contribution is 2.08. The molecule has 0 heterocycles. The van der Waals surface area contributed by atoms with Crippen LogP contribution in [0.4, 0.5) is 0 Å². The van der Waals surface area contributed by atoms with Crippen molar-refractivity contribution in [3.05, 3.63) is 49.1 Å². The van der Waals surface area contributed by atoms with Crippen molar-refractivity contribution in [2.24, 2.45) is 0 Å². The summed E-state index contributed by atoms with van der Waals surface area (Å²) in [5.74, 6) is 6.68. The highest BCUT2D eigenvalue weighted by molar-refractivity contribution is 6.17. The molecule has 150 valence electrons. The molecule has 0 saturated heterocycles. The third-order valence-corrected chi connectivity index (χ3v) is 3.95. The van der Waals surface area contributed by atoms with Gasteiger partial charge >= 0.3 is 5.97 Å². The molecule has 0 saturated carbocycles. The van der Waals surface area contributed by atoms with Gasteiger partial charge in [0, 0.05) is 43.9 Å². The maximum absolute atomic E-state index is 12.1. The molecule has 0 amide bonds. The number of hydrogen-bond acceptors (Lipinski definition) is 3. The SMILES string of the molecule is C=CCN(CC=C)CC/C=C/C=C(\CCC#CCCCCCl)C(=O)OCC. The summed E-state index contributed by atoms with van der Waals surface area (Å²) in [6, 6.07) is 0. The summed E-state index contributed by atoms with van der Waals surface area (Å²) >= 11 is 5.64. The van der Waals surface area contributed by atoms with E-state index in [-0.39, 0.29) is 5.97 Å². The number of halogens is 1. The van der Waals surface area contributed by atoms with E-state index in [1.165, 1.54) is 0 Å². The van der Waals surface area contributed by atoms with Gasteiger partial charge in [-0.05, 0) is 32.6 Å². The van der Waals surface area contributed by atoms with Crippen LogP contribution in [0.5, 0.6) is 0 Å². The number of carbonyl (C=O) groups excluding carboxylic acids is 1. The lowest BCUT2D eigenvalue weighted by atomic mass is 10.1. The second-order valence-electron chi connectivity index (χ2n) is 5.97. The molecule has 0 aliphatic rings. The van der Waals surface area contributed by atoms with Gasteiger partial charge in [-0.1, -0.05) is 30.4 Å². The molecule has 0 aromatic rings. The van der Waals surface area contributed by atoms with Crippen molar-refractivity contribution in [2.75, 3.05) is 32.1 Å². The Hall–Kier alpha value is -1.76. The fraction of sp³-hybridized carbons (Fsp3) is 0.522. The maximum Gasteiger partial charge on any atom is 0.334 e. The molecule has 3 nitrogen and oxygen atoms in total. The molecule has 0 radical (unpaired) electrons. The number of allylic oxidation sites excluding steroid dienone is 2.